The van der Waals surface area contributed by atoms with E-state index < -0.39 is 0 Å². The Balaban J connectivity index is 2.04. The van der Waals surface area contributed by atoms with E-state index in [1.54, 1.807) is 11.8 Å². The first-order valence-corrected chi connectivity index (χ1v) is 8.02. The third-order valence-electron chi connectivity index (χ3n) is 2.63. The van der Waals surface area contributed by atoms with Gasteiger partial charge in [0.25, 0.3) is 0 Å². The number of rotatable bonds is 2. The minimum atomic E-state index is 0.0622. The van der Waals surface area contributed by atoms with Gasteiger partial charge in [-0.05, 0) is 24.6 Å². The zero-order chi connectivity index (χ0) is 12.3. The minimum absolute atomic E-state index is 0.0622. The van der Waals surface area contributed by atoms with E-state index in [1.165, 1.54) is 0 Å². The Bertz CT molecular complexity index is 419. The summed E-state index contributed by atoms with van der Waals surface area (Å²) in [5.41, 5.74) is 1.75. The fourth-order valence-electron chi connectivity index (χ4n) is 1.60. The zero-order valence-corrected chi connectivity index (χ0v) is 11.9. The molecule has 5 heteroatoms. The Labute approximate surface area is 115 Å². The second kappa shape index (κ2) is 6.03. The monoisotopic (exact) mass is 287 g/mol. The largest absolute Gasteiger partial charge is 0.325 e. The van der Waals surface area contributed by atoms with Crippen LogP contribution >= 0.6 is 35.1 Å². The minimum Gasteiger partial charge on any atom is -0.325 e. The van der Waals surface area contributed by atoms with Gasteiger partial charge in [0.1, 0.15) is 0 Å². The van der Waals surface area contributed by atoms with Gasteiger partial charge in [0, 0.05) is 28.0 Å². The van der Waals surface area contributed by atoms with E-state index in [1.807, 2.05) is 36.9 Å². The van der Waals surface area contributed by atoms with Crippen LogP contribution in [-0.2, 0) is 4.79 Å². The summed E-state index contributed by atoms with van der Waals surface area (Å²) in [5.74, 6) is 3.19. The number of hydrogen-bond donors (Lipinski definition) is 1. The molecule has 0 saturated carbocycles. The Morgan fingerprint density at radius 3 is 3.00 bits per heavy atom. The van der Waals surface area contributed by atoms with E-state index in [0.29, 0.717) is 5.02 Å². The van der Waals surface area contributed by atoms with Gasteiger partial charge in [-0.2, -0.15) is 11.8 Å². The van der Waals surface area contributed by atoms with Gasteiger partial charge in [-0.1, -0.05) is 17.7 Å². The van der Waals surface area contributed by atoms with Crippen LogP contribution in [0.25, 0.3) is 0 Å². The van der Waals surface area contributed by atoms with E-state index in [-0.39, 0.29) is 11.2 Å². The fourth-order valence-corrected chi connectivity index (χ4v) is 4.33. The predicted octanol–water partition coefficient (Wildman–Crippen LogP) is 3.44. The highest BCUT2D eigenvalue weighted by Gasteiger charge is 2.22. The molecule has 1 aromatic rings. The van der Waals surface area contributed by atoms with E-state index in [9.17, 15) is 4.79 Å². The molecular weight excluding hydrogens is 274 g/mol. The summed E-state index contributed by atoms with van der Waals surface area (Å²) in [6.45, 7) is 1.92. The maximum absolute atomic E-state index is 12.0. The molecule has 17 heavy (non-hydrogen) atoms. The summed E-state index contributed by atoms with van der Waals surface area (Å²) in [6.07, 6.45) is 0. The Morgan fingerprint density at radius 1 is 1.47 bits per heavy atom. The molecule has 0 radical (unpaired) electrons. The van der Waals surface area contributed by atoms with E-state index >= 15 is 0 Å². The Kier molecular flexibility index (Phi) is 4.65. The van der Waals surface area contributed by atoms with Gasteiger partial charge in [-0.25, -0.2) is 0 Å². The highest BCUT2D eigenvalue weighted by Crippen LogP contribution is 2.27. The molecule has 1 unspecified atom stereocenters. The van der Waals surface area contributed by atoms with Crippen molar-refractivity contribution in [1.29, 1.82) is 0 Å². The van der Waals surface area contributed by atoms with Crippen molar-refractivity contribution in [3.8, 4) is 0 Å². The summed E-state index contributed by atoms with van der Waals surface area (Å²) in [5, 5.41) is 3.71. The summed E-state index contributed by atoms with van der Waals surface area (Å²) in [4.78, 5) is 12.0. The first kappa shape index (κ1) is 13.1. The molecule has 1 aromatic carbocycles. The van der Waals surface area contributed by atoms with Crippen LogP contribution in [0.3, 0.4) is 0 Å². The second-order valence-corrected chi connectivity index (χ2v) is 6.70. The van der Waals surface area contributed by atoms with Gasteiger partial charge in [-0.3, -0.25) is 4.79 Å². The first-order chi connectivity index (χ1) is 8.18. The molecule has 1 saturated heterocycles. The van der Waals surface area contributed by atoms with Crippen LogP contribution in [0.15, 0.2) is 18.2 Å². The van der Waals surface area contributed by atoms with Gasteiger partial charge in [0.2, 0.25) is 5.91 Å². The zero-order valence-electron chi connectivity index (χ0n) is 9.53. The number of carbonyl (C=O) groups excluding carboxylic acids is 1. The summed E-state index contributed by atoms with van der Waals surface area (Å²) < 4.78 is 0. The maximum atomic E-state index is 12.0. The molecule has 1 fully saturated rings. The summed E-state index contributed by atoms with van der Waals surface area (Å²) in [6, 6.07) is 5.57. The quantitative estimate of drug-likeness (QED) is 0.903. The van der Waals surface area contributed by atoms with Crippen molar-refractivity contribution >= 4 is 46.7 Å². The Morgan fingerprint density at radius 2 is 2.29 bits per heavy atom. The summed E-state index contributed by atoms with van der Waals surface area (Å²) >= 11 is 9.60. The van der Waals surface area contributed by atoms with Crippen molar-refractivity contribution in [2.75, 3.05) is 22.6 Å². The third-order valence-corrected chi connectivity index (χ3v) is 5.80. The van der Waals surface area contributed by atoms with Gasteiger partial charge in [0.05, 0.1) is 5.25 Å². The van der Waals surface area contributed by atoms with Crippen LogP contribution in [0.1, 0.15) is 5.56 Å². The van der Waals surface area contributed by atoms with Gasteiger partial charge >= 0.3 is 0 Å². The number of benzene rings is 1. The summed E-state index contributed by atoms with van der Waals surface area (Å²) in [7, 11) is 0. The lowest BCUT2D eigenvalue weighted by molar-refractivity contribution is -0.115. The molecule has 0 bridgehead atoms. The average molecular weight is 288 g/mol. The highest BCUT2D eigenvalue weighted by atomic mass is 35.5. The van der Waals surface area contributed by atoms with E-state index in [2.05, 4.69) is 5.32 Å². The number of nitrogens with one attached hydrogen (secondary N) is 1. The highest BCUT2D eigenvalue weighted by molar-refractivity contribution is 8.07. The number of thioether (sulfide) groups is 2. The van der Waals surface area contributed by atoms with Crippen molar-refractivity contribution in [2.24, 2.45) is 0 Å². The molecule has 1 heterocycles. The number of hydrogen-bond acceptors (Lipinski definition) is 3. The third kappa shape index (κ3) is 3.33. The molecule has 2 rings (SSSR count). The van der Waals surface area contributed by atoms with Crippen molar-refractivity contribution < 1.29 is 4.79 Å². The van der Waals surface area contributed by atoms with E-state index in [0.717, 1.165) is 28.5 Å². The molecule has 2 nitrogen and oxygen atoms in total. The standard InChI is InChI=1S/C12H14ClNOS2/c1-8-9(13)3-2-4-10(8)14-12(15)11-7-16-5-6-17-11/h2-4,11H,5-7H2,1H3,(H,14,15). The predicted molar refractivity (Wildman–Crippen MR) is 78.4 cm³/mol. The van der Waals surface area contributed by atoms with Crippen LogP contribution in [0.5, 0.6) is 0 Å². The second-order valence-electron chi connectivity index (χ2n) is 3.84. The topological polar surface area (TPSA) is 29.1 Å². The van der Waals surface area contributed by atoms with Crippen LogP contribution < -0.4 is 5.32 Å². The average Bonchev–Trinajstić information content (AvgIpc) is 2.36. The lowest BCUT2D eigenvalue weighted by atomic mass is 10.2. The molecule has 0 spiro atoms. The van der Waals surface area contributed by atoms with Crippen LogP contribution in [-0.4, -0.2) is 28.4 Å². The lowest BCUT2D eigenvalue weighted by Gasteiger charge is -2.20. The SMILES string of the molecule is Cc1c(Cl)cccc1NC(=O)C1CSCCS1. The maximum Gasteiger partial charge on any atom is 0.238 e. The fraction of sp³-hybridized carbons (Fsp3) is 0.417. The number of anilines is 1. The lowest BCUT2D eigenvalue weighted by Crippen LogP contribution is -2.30. The molecule has 1 N–H and O–H groups in total. The van der Waals surface area contributed by atoms with Crippen LogP contribution in [0, 0.1) is 6.92 Å². The number of amides is 1. The molecule has 0 aromatic heterocycles. The van der Waals surface area contributed by atoms with Crippen molar-refractivity contribution in [2.45, 2.75) is 12.2 Å². The van der Waals surface area contributed by atoms with Crippen molar-refractivity contribution in [3.63, 3.8) is 0 Å². The molecule has 1 aliphatic rings. The Hall–Kier alpha value is -0.320. The van der Waals surface area contributed by atoms with Gasteiger partial charge in [-0.15, -0.1) is 11.8 Å². The number of carbonyl (C=O) groups is 1. The molecule has 0 aliphatic carbocycles. The normalized spacial score (nSPS) is 20.0. The molecule has 92 valence electrons. The van der Waals surface area contributed by atoms with Gasteiger partial charge < -0.3 is 5.32 Å². The molecular formula is C12H14ClNOS2. The molecule has 1 aliphatic heterocycles. The first-order valence-electron chi connectivity index (χ1n) is 5.44. The smallest absolute Gasteiger partial charge is 0.238 e. The van der Waals surface area contributed by atoms with E-state index in [4.69, 9.17) is 11.6 Å². The van der Waals surface area contributed by atoms with Crippen molar-refractivity contribution in [1.82, 2.24) is 0 Å². The number of halogens is 1. The van der Waals surface area contributed by atoms with Crippen LogP contribution in [0.2, 0.25) is 5.02 Å². The van der Waals surface area contributed by atoms with Crippen LogP contribution in [0.4, 0.5) is 5.69 Å². The molecule has 1 amide bonds. The van der Waals surface area contributed by atoms with Gasteiger partial charge in [0.15, 0.2) is 0 Å². The van der Waals surface area contributed by atoms with Crippen molar-refractivity contribution in [3.05, 3.63) is 28.8 Å². The molecule has 1 atom stereocenters.